The molecular weight excluding hydrogens is 456 g/mol. The second-order valence-electron chi connectivity index (χ2n) is 7.67. The lowest BCUT2D eigenvalue weighted by molar-refractivity contribution is 0.195. The third kappa shape index (κ3) is 4.99. The van der Waals surface area contributed by atoms with Crippen LogP contribution in [-0.2, 0) is 30.7 Å². The van der Waals surface area contributed by atoms with Gasteiger partial charge in [-0.2, -0.15) is 0 Å². The molecule has 0 radical (unpaired) electrons. The number of rotatable bonds is 10. The zero-order valence-corrected chi connectivity index (χ0v) is 21.6. The molecule has 4 nitrogen and oxygen atoms in total. The van der Waals surface area contributed by atoms with Crippen LogP contribution in [0.15, 0.2) is 84.9 Å². The average Bonchev–Trinajstić information content (AvgIpc) is 2.80. The lowest BCUT2D eigenvalue weighted by Crippen LogP contribution is -2.43. The van der Waals surface area contributed by atoms with E-state index in [0.717, 1.165) is 21.7 Å². The van der Waals surface area contributed by atoms with Crippen molar-refractivity contribution >= 4 is 36.2 Å². The summed E-state index contributed by atoms with van der Waals surface area (Å²) in [5.74, 6) is 0. The van der Waals surface area contributed by atoms with E-state index >= 15 is 0 Å². The zero-order chi connectivity index (χ0) is 23.2. The van der Waals surface area contributed by atoms with Crippen molar-refractivity contribution in [2.24, 2.45) is 0 Å². The van der Waals surface area contributed by atoms with E-state index in [2.05, 4.69) is 5.09 Å². The summed E-state index contributed by atoms with van der Waals surface area (Å²) in [6.07, 6.45) is -2.62. The number of hydrogen-bond acceptors (Lipinski definition) is 4. The fourth-order valence-corrected chi connectivity index (χ4v) is 10.4. The average molecular weight is 488 g/mol. The van der Waals surface area contributed by atoms with Crippen molar-refractivity contribution in [1.29, 1.82) is 0 Å². The summed E-state index contributed by atoms with van der Waals surface area (Å²) in [4.78, 5) is 0. The molecule has 0 bridgehead atoms. The predicted octanol–water partition coefficient (Wildman–Crippen LogP) is 6.07. The summed E-state index contributed by atoms with van der Waals surface area (Å²) in [6, 6.07) is 28.0. The molecule has 3 rings (SSSR count). The molecule has 0 amide bonds. The highest BCUT2D eigenvalue weighted by Gasteiger charge is 2.51. The van der Waals surface area contributed by atoms with Gasteiger partial charge in [0.05, 0.1) is 19.4 Å². The largest absolute Gasteiger partial charge is 0.355 e. The highest BCUT2D eigenvalue weighted by Crippen LogP contribution is 2.66. The molecule has 7 heteroatoms. The predicted molar refractivity (Wildman–Crippen MR) is 139 cm³/mol. The molecule has 0 unspecified atom stereocenters. The van der Waals surface area contributed by atoms with Crippen molar-refractivity contribution in [2.75, 3.05) is 13.2 Å². The first kappa shape index (κ1) is 25.1. The minimum absolute atomic E-state index is 0.264. The molecule has 32 heavy (non-hydrogen) atoms. The monoisotopic (exact) mass is 487 g/mol. The summed E-state index contributed by atoms with van der Waals surface area (Å²) in [5, 5.41) is 4.52. The number of hydrogen-bond donors (Lipinski definition) is 1. The maximum absolute atomic E-state index is 14.4. The molecule has 0 spiro atoms. The molecular formula is C25H31NO3P2S. The minimum atomic E-state index is -3.67. The van der Waals surface area contributed by atoms with Gasteiger partial charge in [-0.3, -0.25) is 9.65 Å². The van der Waals surface area contributed by atoms with Crippen molar-refractivity contribution in [2.45, 2.75) is 33.0 Å². The topological polar surface area (TPSA) is 47.6 Å². The molecule has 0 saturated carbocycles. The van der Waals surface area contributed by atoms with E-state index in [9.17, 15) is 4.57 Å². The highest BCUT2D eigenvalue weighted by atomic mass is 32.4. The van der Waals surface area contributed by atoms with E-state index in [1.54, 1.807) is 0 Å². The second kappa shape index (κ2) is 10.6. The van der Waals surface area contributed by atoms with Crippen LogP contribution in [0.5, 0.6) is 0 Å². The van der Waals surface area contributed by atoms with Crippen molar-refractivity contribution in [3.63, 3.8) is 0 Å². The summed E-state index contributed by atoms with van der Waals surface area (Å²) in [5.41, 5.74) is 1.88. The molecule has 0 aliphatic rings. The molecule has 0 aromatic heterocycles. The smallest absolute Gasteiger partial charge is 0.307 e. The lowest BCUT2D eigenvalue weighted by atomic mass is 10.1. The first-order valence-electron chi connectivity index (χ1n) is 10.8. The number of aryl methyl sites for hydroxylation is 1. The van der Waals surface area contributed by atoms with Gasteiger partial charge < -0.3 is 9.05 Å². The van der Waals surface area contributed by atoms with Gasteiger partial charge in [-0.25, -0.2) is 0 Å². The Hall–Kier alpha value is -1.58. The summed E-state index contributed by atoms with van der Waals surface area (Å²) in [6.45, 7) is 8.08. The maximum Gasteiger partial charge on any atom is 0.355 e. The molecule has 1 atom stereocenters. The number of benzene rings is 3. The third-order valence-electron chi connectivity index (χ3n) is 5.34. The van der Waals surface area contributed by atoms with Crippen LogP contribution in [0.1, 0.15) is 31.9 Å². The molecule has 1 N–H and O–H groups in total. The molecule has 0 aliphatic heterocycles. The SMILES string of the molecule is CCOP(=O)(OCC)[C@@](C)(NP(=S)(c1ccccc1)c1ccccc1)c1cccc(C)c1. The molecule has 0 fully saturated rings. The van der Waals surface area contributed by atoms with Crippen molar-refractivity contribution in [3.05, 3.63) is 96.1 Å². The molecule has 0 heterocycles. The van der Waals surface area contributed by atoms with Crippen LogP contribution in [0.25, 0.3) is 0 Å². The Balaban J connectivity index is 2.28. The van der Waals surface area contributed by atoms with Gasteiger partial charge in [0, 0.05) is 10.6 Å². The van der Waals surface area contributed by atoms with Crippen LogP contribution in [-0.4, -0.2) is 13.2 Å². The molecule has 170 valence electrons. The minimum Gasteiger partial charge on any atom is -0.307 e. The van der Waals surface area contributed by atoms with Gasteiger partial charge in [0.2, 0.25) is 0 Å². The lowest BCUT2D eigenvalue weighted by Gasteiger charge is -2.41. The molecule has 3 aromatic rings. The summed E-state index contributed by atoms with van der Waals surface area (Å²) >= 11 is 6.42. The van der Waals surface area contributed by atoms with Crippen LogP contribution in [0.3, 0.4) is 0 Å². The summed E-state index contributed by atoms with van der Waals surface area (Å²) < 4.78 is 26.1. The van der Waals surface area contributed by atoms with E-state index in [1.807, 2.05) is 113 Å². The van der Waals surface area contributed by atoms with Gasteiger partial charge in [0.15, 0.2) is 0 Å². The van der Waals surface area contributed by atoms with Crippen LogP contribution in [0.4, 0.5) is 0 Å². The first-order chi connectivity index (χ1) is 15.3. The van der Waals surface area contributed by atoms with E-state index < -0.39 is 19.1 Å². The van der Waals surface area contributed by atoms with E-state index in [-0.39, 0.29) is 13.2 Å². The Morgan fingerprint density at radius 2 is 1.34 bits per heavy atom. The maximum atomic E-state index is 14.4. The van der Waals surface area contributed by atoms with Crippen LogP contribution in [0, 0.1) is 6.92 Å². The van der Waals surface area contributed by atoms with Gasteiger partial charge in [0.25, 0.3) is 0 Å². The Kier molecular flexibility index (Phi) is 8.27. The van der Waals surface area contributed by atoms with Crippen molar-refractivity contribution < 1.29 is 13.6 Å². The van der Waals surface area contributed by atoms with Gasteiger partial charge in [0.1, 0.15) is 5.28 Å². The van der Waals surface area contributed by atoms with Crippen LogP contribution in [0.2, 0.25) is 0 Å². The fourth-order valence-electron chi connectivity index (χ4n) is 3.73. The Morgan fingerprint density at radius 3 is 1.78 bits per heavy atom. The fraction of sp³-hybridized carbons (Fsp3) is 0.280. The van der Waals surface area contributed by atoms with Crippen molar-refractivity contribution in [1.82, 2.24) is 5.09 Å². The van der Waals surface area contributed by atoms with Gasteiger partial charge in [-0.1, -0.05) is 102 Å². The molecule has 0 aliphatic carbocycles. The first-order valence-corrected chi connectivity index (χ1v) is 15.1. The molecule has 0 saturated heterocycles. The standard InChI is InChI=1S/C25H31NO3P2S/c1-5-28-31(27,29-6-2)25(4,22-15-13-14-21(3)20-22)26-30(32,23-16-9-7-10-17-23)24-18-11-8-12-19-24/h7-20H,5-6H2,1-4H3,(H,26,32)/t25-/m1/s1. The van der Waals surface area contributed by atoms with Crippen molar-refractivity contribution in [3.8, 4) is 0 Å². The van der Waals surface area contributed by atoms with Gasteiger partial charge in [-0.15, -0.1) is 0 Å². The zero-order valence-electron chi connectivity index (χ0n) is 19.0. The van der Waals surface area contributed by atoms with E-state index in [4.69, 9.17) is 20.9 Å². The Labute approximate surface area is 197 Å². The van der Waals surface area contributed by atoms with Crippen LogP contribution < -0.4 is 15.7 Å². The highest BCUT2D eigenvalue weighted by molar-refractivity contribution is 8.21. The summed E-state index contributed by atoms with van der Waals surface area (Å²) in [7, 11) is -3.67. The quantitative estimate of drug-likeness (QED) is 0.352. The van der Waals surface area contributed by atoms with Gasteiger partial charge in [-0.05, 0) is 33.3 Å². The van der Waals surface area contributed by atoms with E-state index in [1.165, 1.54) is 0 Å². The third-order valence-corrected chi connectivity index (χ3v) is 12.5. The van der Waals surface area contributed by atoms with Gasteiger partial charge >= 0.3 is 7.60 Å². The second-order valence-corrected chi connectivity index (χ2v) is 14.2. The van der Waals surface area contributed by atoms with E-state index in [0.29, 0.717) is 0 Å². The Bertz CT molecular complexity index is 1070. The normalized spacial score (nSPS) is 14.1. The molecule has 3 aromatic carbocycles. The Morgan fingerprint density at radius 1 is 0.844 bits per heavy atom. The number of nitrogens with one attached hydrogen (secondary N) is 1. The van der Waals surface area contributed by atoms with Crippen LogP contribution >= 0.6 is 13.8 Å².